The van der Waals surface area contributed by atoms with Crippen molar-refractivity contribution in [3.8, 4) is 0 Å². The van der Waals surface area contributed by atoms with Crippen LogP contribution in [0.25, 0.3) is 0 Å². The Morgan fingerprint density at radius 1 is 1.46 bits per heavy atom. The van der Waals surface area contributed by atoms with E-state index in [0.29, 0.717) is 24.7 Å². The molecule has 0 saturated heterocycles. The molecule has 2 unspecified atom stereocenters. The van der Waals surface area contributed by atoms with Crippen LogP contribution in [0.3, 0.4) is 0 Å². The smallest absolute Gasteiger partial charge is 0.136 e. The van der Waals surface area contributed by atoms with E-state index in [2.05, 4.69) is 6.92 Å². The molecule has 2 heteroatoms. The Labute approximate surface area is 80.7 Å². The summed E-state index contributed by atoms with van der Waals surface area (Å²) in [5, 5.41) is 0. The number of hydrogen-bond donors (Lipinski definition) is 0. The Hall–Kier alpha value is -0.370. The second kappa shape index (κ2) is 5.38. The highest BCUT2D eigenvalue weighted by Gasteiger charge is 2.26. The lowest BCUT2D eigenvalue weighted by atomic mass is 9.98. The van der Waals surface area contributed by atoms with E-state index in [0.717, 1.165) is 25.2 Å². The van der Waals surface area contributed by atoms with Gasteiger partial charge in [0.1, 0.15) is 5.78 Å². The molecule has 1 fully saturated rings. The van der Waals surface area contributed by atoms with Crippen molar-refractivity contribution in [2.45, 2.75) is 39.0 Å². The lowest BCUT2D eigenvalue weighted by Crippen LogP contribution is -2.11. The largest absolute Gasteiger partial charge is 0.385 e. The minimum atomic E-state index is 0.367. The number of methoxy groups -OCH3 is 1. The van der Waals surface area contributed by atoms with Gasteiger partial charge in [-0.05, 0) is 31.6 Å². The minimum absolute atomic E-state index is 0.367. The maximum atomic E-state index is 11.6. The van der Waals surface area contributed by atoms with Crippen molar-refractivity contribution in [2.24, 2.45) is 11.8 Å². The summed E-state index contributed by atoms with van der Waals surface area (Å²) >= 11 is 0. The van der Waals surface area contributed by atoms with Crippen molar-refractivity contribution in [1.82, 2.24) is 0 Å². The van der Waals surface area contributed by atoms with Crippen molar-refractivity contribution >= 4 is 5.78 Å². The van der Waals surface area contributed by atoms with E-state index in [-0.39, 0.29) is 0 Å². The van der Waals surface area contributed by atoms with Gasteiger partial charge >= 0.3 is 0 Å². The topological polar surface area (TPSA) is 26.3 Å². The van der Waals surface area contributed by atoms with Crippen LogP contribution in [-0.2, 0) is 9.53 Å². The van der Waals surface area contributed by atoms with Gasteiger partial charge in [-0.3, -0.25) is 4.79 Å². The normalized spacial score (nSPS) is 27.8. The van der Waals surface area contributed by atoms with Gasteiger partial charge in [-0.2, -0.15) is 0 Å². The third kappa shape index (κ3) is 3.47. The van der Waals surface area contributed by atoms with Crippen molar-refractivity contribution in [3.05, 3.63) is 0 Å². The average molecular weight is 184 g/mol. The van der Waals surface area contributed by atoms with Crippen LogP contribution in [0.15, 0.2) is 0 Å². The van der Waals surface area contributed by atoms with E-state index in [9.17, 15) is 4.79 Å². The first-order valence-electron chi connectivity index (χ1n) is 5.25. The second-order valence-corrected chi connectivity index (χ2v) is 4.18. The van der Waals surface area contributed by atoms with Crippen molar-refractivity contribution in [3.63, 3.8) is 0 Å². The van der Waals surface area contributed by atoms with Crippen LogP contribution >= 0.6 is 0 Å². The predicted molar refractivity (Wildman–Crippen MR) is 52.6 cm³/mol. The first kappa shape index (κ1) is 10.7. The quantitative estimate of drug-likeness (QED) is 0.613. The van der Waals surface area contributed by atoms with Gasteiger partial charge in [0.05, 0.1) is 0 Å². The number of hydrogen-bond acceptors (Lipinski definition) is 2. The molecule has 0 amide bonds. The van der Waals surface area contributed by atoms with Gasteiger partial charge in [0.25, 0.3) is 0 Å². The van der Waals surface area contributed by atoms with E-state index in [1.54, 1.807) is 7.11 Å². The number of rotatable bonds is 5. The molecule has 0 aliphatic heterocycles. The first-order valence-corrected chi connectivity index (χ1v) is 5.25. The third-order valence-corrected chi connectivity index (χ3v) is 2.92. The maximum absolute atomic E-state index is 11.6. The van der Waals surface area contributed by atoms with Gasteiger partial charge in [0.2, 0.25) is 0 Å². The highest BCUT2D eigenvalue weighted by molar-refractivity contribution is 5.81. The van der Waals surface area contributed by atoms with Crippen LogP contribution in [0, 0.1) is 11.8 Å². The van der Waals surface area contributed by atoms with Gasteiger partial charge in [-0.25, -0.2) is 0 Å². The SMILES string of the molecule is COCCCC(=O)C1CCC(C)C1. The fourth-order valence-electron chi connectivity index (χ4n) is 2.09. The molecule has 1 aliphatic carbocycles. The fraction of sp³-hybridized carbons (Fsp3) is 0.909. The highest BCUT2D eigenvalue weighted by atomic mass is 16.5. The van der Waals surface area contributed by atoms with Crippen LogP contribution in [0.1, 0.15) is 39.0 Å². The number of ketones is 1. The summed E-state index contributed by atoms with van der Waals surface area (Å²) in [6, 6.07) is 0. The molecule has 1 saturated carbocycles. The Balaban J connectivity index is 2.16. The number of Topliss-reactive ketones (excluding diaryl/α,β-unsaturated/α-hetero) is 1. The molecule has 2 nitrogen and oxygen atoms in total. The summed E-state index contributed by atoms with van der Waals surface area (Å²) in [7, 11) is 1.68. The number of carbonyl (C=O) groups excluding carboxylic acids is 1. The number of ether oxygens (including phenoxy) is 1. The Morgan fingerprint density at radius 2 is 2.23 bits per heavy atom. The van der Waals surface area contributed by atoms with Crippen LogP contribution in [0.5, 0.6) is 0 Å². The summed E-state index contributed by atoms with van der Waals surface area (Å²) in [4.78, 5) is 11.6. The molecular weight excluding hydrogens is 164 g/mol. The van der Waals surface area contributed by atoms with Crippen LogP contribution in [0.4, 0.5) is 0 Å². The van der Waals surface area contributed by atoms with Crippen molar-refractivity contribution in [1.29, 1.82) is 0 Å². The highest BCUT2D eigenvalue weighted by Crippen LogP contribution is 2.31. The lowest BCUT2D eigenvalue weighted by Gasteiger charge is -2.07. The summed E-state index contributed by atoms with van der Waals surface area (Å²) in [6.45, 7) is 2.95. The molecule has 13 heavy (non-hydrogen) atoms. The molecule has 1 aliphatic rings. The molecule has 0 aromatic heterocycles. The zero-order valence-electron chi connectivity index (χ0n) is 8.71. The summed E-state index contributed by atoms with van der Waals surface area (Å²) in [5.41, 5.74) is 0. The summed E-state index contributed by atoms with van der Waals surface area (Å²) in [6.07, 6.45) is 5.07. The monoisotopic (exact) mass is 184 g/mol. The Bertz CT molecular complexity index is 165. The van der Waals surface area contributed by atoms with Gasteiger partial charge in [0.15, 0.2) is 0 Å². The van der Waals surface area contributed by atoms with Gasteiger partial charge < -0.3 is 4.74 Å². The average Bonchev–Trinajstić information content (AvgIpc) is 2.52. The van der Waals surface area contributed by atoms with E-state index in [1.165, 1.54) is 6.42 Å². The molecular formula is C11H20O2. The molecule has 0 bridgehead atoms. The van der Waals surface area contributed by atoms with Crippen LogP contribution in [-0.4, -0.2) is 19.5 Å². The Kier molecular flexibility index (Phi) is 4.43. The second-order valence-electron chi connectivity index (χ2n) is 4.18. The van der Waals surface area contributed by atoms with Crippen molar-refractivity contribution < 1.29 is 9.53 Å². The standard InChI is InChI=1S/C11H20O2/c1-9-5-6-10(8-9)11(12)4-3-7-13-2/h9-10H,3-8H2,1-2H3. The van der Waals surface area contributed by atoms with Gasteiger partial charge in [0, 0.05) is 26.1 Å². The van der Waals surface area contributed by atoms with E-state index >= 15 is 0 Å². The van der Waals surface area contributed by atoms with Crippen LogP contribution < -0.4 is 0 Å². The minimum Gasteiger partial charge on any atom is -0.385 e. The molecule has 0 aromatic carbocycles. The molecule has 0 heterocycles. The first-order chi connectivity index (χ1) is 6.24. The molecule has 76 valence electrons. The molecule has 0 N–H and O–H groups in total. The third-order valence-electron chi connectivity index (χ3n) is 2.92. The Morgan fingerprint density at radius 3 is 2.77 bits per heavy atom. The number of carbonyl (C=O) groups is 1. The summed E-state index contributed by atoms with van der Waals surface area (Å²) < 4.78 is 4.92. The van der Waals surface area contributed by atoms with E-state index in [1.807, 2.05) is 0 Å². The van der Waals surface area contributed by atoms with Crippen LogP contribution in [0.2, 0.25) is 0 Å². The molecule has 0 spiro atoms. The zero-order valence-corrected chi connectivity index (χ0v) is 8.71. The predicted octanol–water partition coefficient (Wildman–Crippen LogP) is 2.42. The molecule has 0 radical (unpaired) electrons. The zero-order chi connectivity index (χ0) is 9.68. The maximum Gasteiger partial charge on any atom is 0.136 e. The van der Waals surface area contributed by atoms with Gasteiger partial charge in [-0.1, -0.05) is 6.92 Å². The molecule has 2 atom stereocenters. The molecule has 0 aromatic rings. The van der Waals surface area contributed by atoms with E-state index < -0.39 is 0 Å². The van der Waals surface area contributed by atoms with Gasteiger partial charge in [-0.15, -0.1) is 0 Å². The fourth-order valence-corrected chi connectivity index (χ4v) is 2.09. The van der Waals surface area contributed by atoms with E-state index in [4.69, 9.17) is 4.74 Å². The lowest BCUT2D eigenvalue weighted by molar-refractivity contribution is -0.123. The van der Waals surface area contributed by atoms with Crippen molar-refractivity contribution in [2.75, 3.05) is 13.7 Å². The summed E-state index contributed by atoms with van der Waals surface area (Å²) in [5.74, 6) is 1.59. The molecule has 1 rings (SSSR count).